The minimum absolute atomic E-state index is 0.313. The Labute approximate surface area is 170 Å². The Morgan fingerprint density at radius 2 is 1.93 bits per heavy atom. The van der Waals surface area contributed by atoms with Crippen LogP contribution in [0.2, 0.25) is 0 Å². The van der Waals surface area contributed by atoms with Crippen LogP contribution in [0.15, 0.2) is 54.7 Å². The molecule has 1 aromatic heterocycles. The molecular weight excluding hydrogens is 368 g/mol. The maximum atomic E-state index is 12.4. The molecule has 3 aromatic rings. The van der Waals surface area contributed by atoms with Crippen molar-refractivity contribution in [2.24, 2.45) is 0 Å². The first-order valence-corrected chi connectivity index (χ1v) is 9.40. The molecule has 0 atom stereocenters. The smallest absolute Gasteiger partial charge is 0.321 e. The predicted octanol–water partition coefficient (Wildman–Crippen LogP) is 3.84. The Kier molecular flexibility index (Phi) is 6.86. The maximum Gasteiger partial charge on any atom is 0.321 e. The first-order chi connectivity index (χ1) is 14.1. The fraction of sp³-hybridized carbons (Fsp3) is 0.273. The van der Waals surface area contributed by atoms with Crippen LogP contribution < -0.4 is 15.4 Å². The van der Waals surface area contributed by atoms with Crippen molar-refractivity contribution >= 4 is 12.0 Å². The van der Waals surface area contributed by atoms with Gasteiger partial charge < -0.3 is 19.4 Å². The van der Waals surface area contributed by atoms with Crippen molar-refractivity contribution in [2.45, 2.75) is 20.0 Å². The van der Waals surface area contributed by atoms with Gasteiger partial charge in [-0.15, -0.1) is 0 Å². The Morgan fingerprint density at radius 1 is 1.14 bits per heavy atom. The second-order valence-electron chi connectivity index (χ2n) is 6.64. The van der Waals surface area contributed by atoms with E-state index in [4.69, 9.17) is 9.47 Å². The highest BCUT2D eigenvalue weighted by atomic mass is 16.5. The number of benzene rings is 2. The number of methoxy groups -OCH3 is 2. The van der Waals surface area contributed by atoms with E-state index in [1.807, 2.05) is 60.0 Å². The van der Waals surface area contributed by atoms with Crippen LogP contribution in [-0.2, 0) is 17.8 Å². The number of nitrogens with one attached hydrogen (secondary N) is 2. The van der Waals surface area contributed by atoms with Crippen LogP contribution in [0.4, 0.5) is 10.7 Å². The molecule has 0 fully saturated rings. The van der Waals surface area contributed by atoms with Gasteiger partial charge in [0.05, 0.1) is 25.6 Å². The van der Waals surface area contributed by atoms with Gasteiger partial charge in [-0.3, -0.25) is 5.32 Å². The molecule has 3 rings (SSSR count). The lowest BCUT2D eigenvalue weighted by molar-refractivity contribution is 0.188. The van der Waals surface area contributed by atoms with Crippen LogP contribution in [0.3, 0.4) is 0 Å². The fourth-order valence-corrected chi connectivity index (χ4v) is 2.93. The molecule has 0 saturated carbocycles. The Hall–Kier alpha value is -3.32. The molecule has 1 heterocycles. The van der Waals surface area contributed by atoms with Crippen molar-refractivity contribution in [3.63, 3.8) is 0 Å². The monoisotopic (exact) mass is 394 g/mol. The zero-order valence-corrected chi connectivity index (χ0v) is 16.9. The van der Waals surface area contributed by atoms with E-state index in [1.54, 1.807) is 20.4 Å². The number of imidazole rings is 1. The molecule has 0 aliphatic rings. The molecule has 0 bridgehead atoms. The number of hydrogen-bond donors (Lipinski definition) is 2. The van der Waals surface area contributed by atoms with E-state index in [0.29, 0.717) is 25.6 Å². The van der Waals surface area contributed by atoms with Gasteiger partial charge in [0.25, 0.3) is 0 Å². The summed E-state index contributed by atoms with van der Waals surface area (Å²) in [7, 11) is 3.27. The van der Waals surface area contributed by atoms with Crippen molar-refractivity contribution in [1.29, 1.82) is 0 Å². The van der Waals surface area contributed by atoms with Gasteiger partial charge >= 0.3 is 6.03 Å². The van der Waals surface area contributed by atoms with Crippen molar-refractivity contribution < 1.29 is 14.3 Å². The van der Waals surface area contributed by atoms with Crippen molar-refractivity contribution in [1.82, 2.24) is 14.9 Å². The van der Waals surface area contributed by atoms with Crippen LogP contribution in [0, 0.1) is 6.92 Å². The van der Waals surface area contributed by atoms with Gasteiger partial charge in [-0.2, -0.15) is 0 Å². The number of rotatable bonds is 8. The minimum atomic E-state index is -0.313. The van der Waals surface area contributed by atoms with Crippen molar-refractivity contribution in [3.8, 4) is 17.0 Å². The molecule has 0 spiro atoms. The van der Waals surface area contributed by atoms with E-state index in [9.17, 15) is 4.79 Å². The number of amides is 2. The number of urea groups is 1. The highest BCUT2D eigenvalue weighted by molar-refractivity contribution is 5.88. The molecule has 7 nitrogen and oxygen atoms in total. The lowest BCUT2D eigenvalue weighted by Crippen LogP contribution is -2.29. The number of carbonyl (C=O) groups excluding carboxylic acids is 1. The summed E-state index contributed by atoms with van der Waals surface area (Å²) in [6.07, 6.45) is 1.74. The third kappa shape index (κ3) is 5.36. The summed E-state index contributed by atoms with van der Waals surface area (Å²) in [6, 6.07) is 15.4. The Bertz CT molecular complexity index is 951. The van der Waals surface area contributed by atoms with Gasteiger partial charge in [-0.25, -0.2) is 9.78 Å². The minimum Gasteiger partial charge on any atom is -0.497 e. The normalized spacial score (nSPS) is 10.6. The third-order valence-electron chi connectivity index (χ3n) is 4.54. The second kappa shape index (κ2) is 9.75. The highest BCUT2D eigenvalue weighted by Gasteiger charge is 2.14. The Balaban J connectivity index is 1.74. The molecule has 152 valence electrons. The van der Waals surface area contributed by atoms with Crippen molar-refractivity contribution in [2.75, 3.05) is 26.1 Å². The standard InChI is InChI=1S/C22H26N4O3/c1-16-7-9-17(10-8-16)14-24-22(27)25-21-23-15-20(26(21)11-12-28-2)18-5-4-6-19(13-18)29-3/h4-10,13,15H,11-12,14H2,1-3H3,(H2,23,24,25,27). The van der Waals surface area contributed by atoms with Gasteiger partial charge in [-0.05, 0) is 24.6 Å². The summed E-state index contributed by atoms with van der Waals surface area (Å²) in [4.78, 5) is 16.8. The number of aryl methyl sites for hydroxylation is 1. The molecule has 0 unspecified atom stereocenters. The number of ether oxygens (including phenoxy) is 2. The molecule has 0 aliphatic heterocycles. The number of carbonyl (C=O) groups is 1. The van der Waals surface area contributed by atoms with E-state index in [-0.39, 0.29) is 6.03 Å². The van der Waals surface area contributed by atoms with Gasteiger partial charge in [0, 0.05) is 25.8 Å². The first-order valence-electron chi connectivity index (χ1n) is 9.40. The zero-order chi connectivity index (χ0) is 20.6. The molecular formula is C22H26N4O3. The fourth-order valence-electron chi connectivity index (χ4n) is 2.93. The average molecular weight is 394 g/mol. The second-order valence-corrected chi connectivity index (χ2v) is 6.64. The summed E-state index contributed by atoms with van der Waals surface area (Å²) in [5.74, 6) is 1.22. The van der Waals surface area contributed by atoms with E-state index in [1.165, 1.54) is 5.56 Å². The summed E-state index contributed by atoms with van der Waals surface area (Å²) >= 11 is 0. The number of aromatic nitrogens is 2. The molecule has 29 heavy (non-hydrogen) atoms. The van der Waals surface area contributed by atoms with Crippen LogP contribution in [0.1, 0.15) is 11.1 Å². The number of hydrogen-bond acceptors (Lipinski definition) is 4. The predicted molar refractivity (Wildman–Crippen MR) is 113 cm³/mol. The third-order valence-corrected chi connectivity index (χ3v) is 4.54. The molecule has 2 amide bonds. The largest absolute Gasteiger partial charge is 0.497 e. The lowest BCUT2D eigenvalue weighted by atomic mass is 10.1. The molecule has 0 radical (unpaired) electrons. The average Bonchev–Trinajstić information content (AvgIpc) is 3.14. The molecule has 2 aromatic carbocycles. The molecule has 0 saturated heterocycles. The lowest BCUT2D eigenvalue weighted by Gasteiger charge is -2.13. The highest BCUT2D eigenvalue weighted by Crippen LogP contribution is 2.26. The van der Waals surface area contributed by atoms with Crippen molar-refractivity contribution in [3.05, 3.63) is 65.9 Å². The topological polar surface area (TPSA) is 77.4 Å². The van der Waals surface area contributed by atoms with E-state index in [0.717, 1.165) is 22.6 Å². The SMILES string of the molecule is COCCn1c(-c2cccc(OC)c2)cnc1NC(=O)NCc1ccc(C)cc1. The van der Waals surface area contributed by atoms with Crippen LogP contribution in [0.5, 0.6) is 5.75 Å². The molecule has 2 N–H and O–H groups in total. The van der Waals surface area contributed by atoms with Gasteiger partial charge in [0.2, 0.25) is 5.95 Å². The van der Waals surface area contributed by atoms with E-state index >= 15 is 0 Å². The van der Waals surface area contributed by atoms with Crippen LogP contribution in [-0.4, -0.2) is 36.4 Å². The number of nitrogens with zero attached hydrogens (tertiary/aromatic N) is 2. The van der Waals surface area contributed by atoms with Gasteiger partial charge in [0.1, 0.15) is 5.75 Å². The van der Waals surface area contributed by atoms with Crippen LogP contribution >= 0.6 is 0 Å². The summed E-state index contributed by atoms with van der Waals surface area (Å²) < 4.78 is 12.5. The van der Waals surface area contributed by atoms with Gasteiger partial charge in [0.15, 0.2) is 0 Å². The summed E-state index contributed by atoms with van der Waals surface area (Å²) in [6.45, 7) is 3.51. The zero-order valence-electron chi connectivity index (χ0n) is 16.9. The Morgan fingerprint density at radius 3 is 2.66 bits per heavy atom. The summed E-state index contributed by atoms with van der Waals surface area (Å²) in [5.41, 5.74) is 4.03. The molecule has 0 aliphatic carbocycles. The van der Waals surface area contributed by atoms with E-state index < -0.39 is 0 Å². The quantitative estimate of drug-likeness (QED) is 0.609. The summed E-state index contributed by atoms with van der Waals surface area (Å²) in [5, 5.41) is 5.70. The number of anilines is 1. The van der Waals surface area contributed by atoms with E-state index in [2.05, 4.69) is 15.6 Å². The maximum absolute atomic E-state index is 12.4. The van der Waals surface area contributed by atoms with Crippen LogP contribution in [0.25, 0.3) is 11.3 Å². The molecule has 7 heteroatoms. The first kappa shape index (κ1) is 20.4. The van der Waals surface area contributed by atoms with Gasteiger partial charge in [-0.1, -0.05) is 42.0 Å².